The molecule has 1 aromatic rings. The van der Waals surface area contributed by atoms with Crippen LogP contribution in [0.25, 0.3) is 0 Å². The lowest BCUT2D eigenvalue weighted by atomic mass is 9.67. The first-order valence-corrected chi connectivity index (χ1v) is 5.02. The van der Waals surface area contributed by atoms with Gasteiger partial charge in [0.25, 0.3) is 0 Å². The fraction of sp³-hybridized carbons (Fsp3) is 0.385. The van der Waals surface area contributed by atoms with E-state index in [1.165, 1.54) is 5.56 Å². The molecule has 2 heteroatoms. The van der Waals surface area contributed by atoms with Crippen LogP contribution in [0.4, 0.5) is 0 Å². The van der Waals surface area contributed by atoms with Gasteiger partial charge in [-0.25, -0.2) is 0 Å². The third-order valence-electron chi connectivity index (χ3n) is 2.96. The van der Waals surface area contributed by atoms with Gasteiger partial charge in [-0.2, -0.15) is 0 Å². The van der Waals surface area contributed by atoms with Crippen LogP contribution in [0.5, 0.6) is 0 Å². The smallest absolute Gasteiger partial charge is 0.0778 e. The van der Waals surface area contributed by atoms with Crippen molar-refractivity contribution >= 4 is 12.4 Å². The van der Waals surface area contributed by atoms with E-state index in [0.717, 1.165) is 19.3 Å². The lowest BCUT2D eigenvalue weighted by molar-refractivity contribution is 0.204. The van der Waals surface area contributed by atoms with Crippen LogP contribution in [0.1, 0.15) is 18.4 Å². The summed E-state index contributed by atoms with van der Waals surface area (Å²) >= 11 is 0. The van der Waals surface area contributed by atoms with Crippen molar-refractivity contribution in [3.63, 3.8) is 0 Å². The standard InChI is InChI=1S/C13H15N.ClH/c1-2-13(14)9-12(10-13)8-11-6-4-3-5-7-11;/h1,3-7,12H,8-10,14H2;1H. The molecule has 0 atom stereocenters. The molecule has 15 heavy (non-hydrogen) atoms. The molecule has 0 spiro atoms. The van der Waals surface area contributed by atoms with Crippen molar-refractivity contribution in [1.29, 1.82) is 0 Å². The zero-order valence-corrected chi connectivity index (χ0v) is 9.46. The predicted octanol–water partition coefficient (Wildman–Crippen LogP) is 2.39. The Morgan fingerprint density at radius 2 is 1.93 bits per heavy atom. The number of benzene rings is 1. The first kappa shape index (κ1) is 12.1. The molecule has 0 amide bonds. The van der Waals surface area contributed by atoms with Gasteiger partial charge in [0.1, 0.15) is 0 Å². The molecule has 0 radical (unpaired) electrons. The Bertz CT molecular complexity index is 347. The summed E-state index contributed by atoms with van der Waals surface area (Å²) < 4.78 is 0. The molecule has 1 aliphatic carbocycles. The van der Waals surface area contributed by atoms with E-state index in [9.17, 15) is 0 Å². The van der Waals surface area contributed by atoms with Crippen LogP contribution in [0.3, 0.4) is 0 Å². The van der Waals surface area contributed by atoms with Crippen molar-refractivity contribution in [1.82, 2.24) is 0 Å². The van der Waals surface area contributed by atoms with E-state index in [1.54, 1.807) is 0 Å². The van der Waals surface area contributed by atoms with Crippen LogP contribution in [0.15, 0.2) is 30.3 Å². The van der Waals surface area contributed by atoms with E-state index in [0.29, 0.717) is 5.92 Å². The Kier molecular flexibility index (Phi) is 3.79. The third kappa shape index (κ3) is 2.75. The zero-order chi connectivity index (χ0) is 10.0. The molecule has 0 heterocycles. The average Bonchev–Trinajstić information content (AvgIpc) is 2.17. The van der Waals surface area contributed by atoms with Gasteiger partial charge in [-0.1, -0.05) is 36.3 Å². The van der Waals surface area contributed by atoms with Gasteiger partial charge in [0, 0.05) is 0 Å². The van der Waals surface area contributed by atoms with Crippen LogP contribution < -0.4 is 5.73 Å². The highest BCUT2D eigenvalue weighted by molar-refractivity contribution is 5.85. The van der Waals surface area contributed by atoms with Gasteiger partial charge in [0.2, 0.25) is 0 Å². The van der Waals surface area contributed by atoms with Gasteiger partial charge in [-0.3, -0.25) is 0 Å². The first-order chi connectivity index (χ1) is 6.72. The summed E-state index contributed by atoms with van der Waals surface area (Å²) in [6, 6.07) is 10.5. The molecule has 0 aliphatic heterocycles. The molecule has 1 nitrogen and oxygen atoms in total. The molecule has 1 aliphatic rings. The van der Waals surface area contributed by atoms with Gasteiger partial charge >= 0.3 is 0 Å². The Hall–Kier alpha value is -0.970. The summed E-state index contributed by atoms with van der Waals surface area (Å²) in [7, 11) is 0. The monoisotopic (exact) mass is 221 g/mol. The van der Waals surface area contributed by atoms with Crippen LogP contribution >= 0.6 is 12.4 Å². The Morgan fingerprint density at radius 3 is 2.47 bits per heavy atom. The van der Waals surface area contributed by atoms with Crippen molar-refractivity contribution in [3.8, 4) is 12.3 Å². The summed E-state index contributed by atoms with van der Waals surface area (Å²) in [5.41, 5.74) is 6.99. The molecule has 80 valence electrons. The highest BCUT2D eigenvalue weighted by Gasteiger charge is 2.38. The maximum Gasteiger partial charge on any atom is 0.0778 e. The summed E-state index contributed by atoms with van der Waals surface area (Å²) in [4.78, 5) is 0. The topological polar surface area (TPSA) is 26.0 Å². The van der Waals surface area contributed by atoms with E-state index in [2.05, 4.69) is 30.2 Å². The number of terminal acetylenes is 1. The largest absolute Gasteiger partial charge is 0.315 e. The second-order valence-corrected chi connectivity index (χ2v) is 4.26. The summed E-state index contributed by atoms with van der Waals surface area (Å²) in [5.74, 6) is 3.35. The SMILES string of the molecule is C#CC1(N)CC(Cc2ccccc2)C1.Cl. The quantitative estimate of drug-likeness (QED) is 0.763. The van der Waals surface area contributed by atoms with Crippen LogP contribution in [0, 0.1) is 18.3 Å². The maximum absolute atomic E-state index is 5.91. The molecule has 1 aromatic carbocycles. The number of hydrogen-bond donors (Lipinski definition) is 1. The normalized spacial score (nSPS) is 28.4. The molecular formula is C13H16ClN. The number of halogens is 1. The van der Waals surface area contributed by atoms with Gasteiger partial charge in [-0.05, 0) is 30.7 Å². The predicted molar refractivity (Wildman–Crippen MR) is 65.9 cm³/mol. The van der Waals surface area contributed by atoms with Gasteiger partial charge in [0.05, 0.1) is 5.54 Å². The van der Waals surface area contributed by atoms with Crippen molar-refractivity contribution in [3.05, 3.63) is 35.9 Å². The Labute approximate surface area is 97.5 Å². The molecule has 1 fully saturated rings. The van der Waals surface area contributed by atoms with E-state index in [4.69, 9.17) is 12.2 Å². The zero-order valence-electron chi connectivity index (χ0n) is 8.65. The van der Waals surface area contributed by atoms with Crippen molar-refractivity contribution in [2.24, 2.45) is 11.7 Å². The summed E-state index contributed by atoms with van der Waals surface area (Å²) in [6.07, 6.45) is 8.40. The second kappa shape index (κ2) is 4.70. The number of hydrogen-bond acceptors (Lipinski definition) is 1. The maximum atomic E-state index is 5.91. The Morgan fingerprint density at radius 1 is 1.33 bits per heavy atom. The fourth-order valence-electron chi connectivity index (χ4n) is 2.18. The van der Waals surface area contributed by atoms with Gasteiger partial charge < -0.3 is 5.73 Å². The molecule has 0 bridgehead atoms. The highest BCUT2D eigenvalue weighted by Crippen LogP contribution is 2.37. The average molecular weight is 222 g/mol. The minimum Gasteiger partial charge on any atom is -0.315 e. The van der Waals surface area contributed by atoms with Gasteiger partial charge in [0.15, 0.2) is 0 Å². The van der Waals surface area contributed by atoms with Gasteiger partial charge in [-0.15, -0.1) is 18.8 Å². The molecular weight excluding hydrogens is 206 g/mol. The highest BCUT2D eigenvalue weighted by atomic mass is 35.5. The fourth-order valence-corrected chi connectivity index (χ4v) is 2.18. The van der Waals surface area contributed by atoms with Crippen molar-refractivity contribution < 1.29 is 0 Å². The second-order valence-electron chi connectivity index (χ2n) is 4.26. The summed E-state index contributed by atoms with van der Waals surface area (Å²) in [5, 5.41) is 0. The van der Waals surface area contributed by atoms with E-state index >= 15 is 0 Å². The molecule has 2 rings (SSSR count). The Balaban J connectivity index is 0.00000112. The third-order valence-corrected chi connectivity index (χ3v) is 2.96. The van der Waals surface area contributed by atoms with Crippen molar-refractivity contribution in [2.45, 2.75) is 24.8 Å². The van der Waals surface area contributed by atoms with Crippen LogP contribution in [-0.4, -0.2) is 5.54 Å². The lowest BCUT2D eigenvalue weighted by Gasteiger charge is -2.41. The minimum absolute atomic E-state index is 0. The molecule has 0 saturated heterocycles. The minimum atomic E-state index is -0.306. The molecule has 1 saturated carbocycles. The number of nitrogens with two attached hydrogens (primary N) is 1. The van der Waals surface area contributed by atoms with Crippen LogP contribution in [-0.2, 0) is 6.42 Å². The van der Waals surface area contributed by atoms with E-state index in [1.807, 2.05) is 6.07 Å². The van der Waals surface area contributed by atoms with Crippen molar-refractivity contribution in [2.75, 3.05) is 0 Å². The first-order valence-electron chi connectivity index (χ1n) is 5.02. The van der Waals surface area contributed by atoms with E-state index in [-0.39, 0.29) is 17.9 Å². The lowest BCUT2D eigenvalue weighted by Crippen LogP contribution is -2.51. The summed E-state index contributed by atoms with van der Waals surface area (Å²) in [6.45, 7) is 0. The van der Waals surface area contributed by atoms with E-state index < -0.39 is 0 Å². The molecule has 2 N–H and O–H groups in total. The van der Waals surface area contributed by atoms with Crippen LogP contribution in [0.2, 0.25) is 0 Å². The number of rotatable bonds is 2. The molecule has 0 aromatic heterocycles. The molecule has 0 unspecified atom stereocenters.